The second-order valence-electron chi connectivity index (χ2n) is 4.21. The normalized spacial score (nSPS) is 9.95. The van der Waals surface area contributed by atoms with Crippen molar-refractivity contribution >= 4 is 34.3 Å². The number of benzene rings is 1. The van der Waals surface area contributed by atoms with E-state index < -0.39 is 5.97 Å². The molecule has 6 heteroatoms. The number of hydrogen-bond acceptors (Lipinski definition) is 4. The third kappa shape index (κ3) is 6.90. The summed E-state index contributed by atoms with van der Waals surface area (Å²) in [5, 5.41) is 17.8. The summed E-state index contributed by atoms with van der Waals surface area (Å²) >= 11 is 1.90. The van der Waals surface area contributed by atoms with Gasteiger partial charge in [0.15, 0.2) is 5.78 Å². The quantitative estimate of drug-likeness (QED) is 0.431. The van der Waals surface area contributed by atoms with Crippen molar-refractivity contribution in [3.63, 3.8) is 0 Å². The van der Waals surface area contributed by atoms with Crippen molar-refractivity contribution in [2.24, 2.45) is 0 Å². The molecule has 0 aromatic heterocycles. The molecule has 5 nitrogen and oxygen atoms in total. The number of hydrogen-bond donors (Lipinski definition) is 2. The lowest BCUT2D eigenvalue weighted by atomic mass is 10.1. The molecule has 0 radical (unpaired) electrons. The monoisotopic (exact) mass is 407 g/mol. The number of phenols is 1. The topological polar surface area (TPSA) is 77.8 Å². The van der Waals surface area contributed by atoms with Gasteiger partial charge < -0.3 is 15.1 Å². The van der Waals surface area contributed by atoms with Crippen molar-refractivity contribution < 1.29 is 19.8 Å². The van der Waals surface area contributed by atoms with Crippen LogP contribution >= 0.6 is 22.6 Å². The molecule has 0 heterocycles. The smallest absolute Gasteiger partial charge is 0.339 e. The first kappa shape index (κ1) is 19.9. The molecule has 21 heavy (non-hydrogen) atoms. The Labute approximate surface area is 139 Å². The number of aromatic carboxylic acids is 1. The molecule has 0 aliphatic carbocycles. The van der Waals surface area contributed by atoms with Crippen LogP contribution in [0.15, 0.2) is 18.2 Å². The van der Waals surface area contributed by atoms with E-state index in [4.69, 9.17) is 10.2 Å². The van der Waals surface area contributed by atoms with Crippen molar-refractivity contribution in [2.45, 2.75) is 20.8 Å². The molecule has 2 N–H and O–H groups in total. The molecule has 0 atom stereocenters. The summed E-state index contributed by atoms with van der Waals surface area (Å²) in [5.74, 6) is -1.73. The van der Waals surface area contributed by atoms with Crippen molar-refractivity contribution in [3.8, 4) is 5.75 Å². The predicted octanol–water partition coefficient (Wildman–Crippen LogP) is 3.06. The summed E-state index contributed by atoms with van der Waals surface area (Å²) in [4.78, 5) is 24.2. The van der Waals surface area contributed by atoms with E-state index in [-0.39, 0.29) is 21.5 Å². The van der Waals surface area contributed by atoms with Crippen LogP contribution in [0.2, 0.25) is 0 Å². The number of nitrogens with zero attached hydrogens (tertiary/aromatic N) is 1. The molecule has 1 rings (SSSR count). The number of carboxylic acids is 1. The number of Topliss-reactive ketones (excluding diaryl/α,β-unsaturated/α-hetero) is 1. The van der Waals surface area contributed by atoms with Crippen LogP contribution in [0.1, 0.15) is 41.5 Å². The summed E-state index contributed by atoms with van der Waals surface area (Å²) in [7, 11) is 0. The number of aromatic hydroxyl groups is 1. The second-order valence-corrected chi connectivity index (χ2v) is 4.98. The van der Waals surface area contributed by atoms with Crippen molar-refractivity contribution in [1.29, 1.82) is 0 Å². The Kier molecular flexibility index (Phi) is 9.98. The molecule has 0 aliphatic rings. The van der Waals surface area contributed by atoms with Gasteiger partial charge in [-0.25, -0.2) is 4.79 Å². The average molecular weight is 407 g/mol. The van der Waals surface area contributed by atoms with E-state index in [2.05, 4.69) is 25.7 Å². The minimum absolute atomic E-state index is 0.159. The van der Waals surface area contributed by atoms with Crippen LogP contribution in [0, 0.1) is 0 Å². The van der Waals surface area contributed by atoms with Gasteiger partial charge in [0.05, 0.1) is 4.43 Å². The van der Waals surface area contributed by atoms with Crippen LogP contribution in [0.3, 0.4) is 0 Å². The predicted molar refractivity (Wildman–Crippen MR) is 91.7 cm³/mol. The minimum Gasteiger partial charge on any atom is -0.507 e. The van der Waals surface area contributed by atoms with Gasteiger partial charge in [0.1, 0.15) is 11.3 Å². The lowest BCUT2D eigenvalue weighted by Crippen LogP contribution is -2.21. The van der Waals surface area contributed by atoms with Crippen LogP contribution in [0.25, 0.3) is 0 Å². The third-order valence-electron chi connectivity index (χ3n) is 3.01. The van der Waals surface area contributed by atoms with Gasteiger partial charge in [0.25, 0.3) is 0 Å². The van der Waals surface area contributed by atoms with Gasteiger partial charge in [0.2, 0.25) is 0 Å². The van der Waals surface area contributed by atoms with E-state index in [1.54, 1.807) is 0 Å². The van der Waals surface area contributed by atoms with Crippen molar-refractivity contribution in [3.05, 3.63) is 29.3 Å². The summed E-state index contributed by atoms with van der Waals surface area (Å²) < 4.78 is 0.279. The highest BCUT2D eigenvalue weighted by molar-refractivity contribution is 14.1. The van der Waals surface area contributed by atoms with E-state index in [0.29, 0.717) is 5.56 Å². The van der Waals surface area contributed by atoms with Gasteiger partial charge in [-0.05, 0) is 37.8 Å². The molecule has 0 amide bonds. The first-order valence-corrected chi connectivity index (χ1v) is 8.31. The van der Waals surface area contributed by atoms with Gasteiger partial charge in [-0.3, -0.25) is 4.79 Å². The number of carbonyl (C=O) groups excluding carboxylic acids is 1. The lowest BCUT2D eigenvalue weighted by Gasteiger charge is -2.13. The first-order chi connectivity index (χ1) is 9.90. The summed E-state index contributed by atoms with van der Waals surface area (Å²) in [6.07, 6.45) is 0. The van der Waals surface area contributed by atoms with E-state index in [1.165, 1.54) is 37.8 Å². The second kappa shape index (κ2) is 10.6. The maximum atomic E-state index is 11.2. The van der Waals surface area contributed by atoms with Crippen LogP contribution in [0.5, 0.6) is 5.75 Å². The van der Waals surface area contributed by atoms with Crippen LogP contribution < -0.4 is 0 Å². The van der Waals surface area contributed by atoms with Crippen LogP contribution in [-0.2, 0) is 0 Å². The third-order valence-corrected chi connectivity index (χ3v) is 3.70. The maximum Gasteiger partial charge on any atom is 0.339 e. The van der Waals surface area contributed by atoms with Gasteiger partial charge in [-0.15, -0.1) is 0 Å². The molecule has 1 aromatic carbocycles. The first-order valence-electron chi connectivity index (χ1n) is 6.78. The number of halogens is 1. The van der Waals surface area contributed by atoms with E-state index in [0.717, 1.165) is 0 Å². The minimum atomic E-state index is -1.24. The van der Waals surface area contributed by atoms with Crippen molar-refractivity contribution in [2.75, 3.05) is 24.1 Å². The zero-order valence-electron chi connectivity index (χ0n) is 12.6. The highest BCUT2D eigenvalue weighted by atomic mass is 127. The lowest BCUT2D eigenvalue weighted by molar-refractivity contribution is 0.0693. The van der Waals surface area contributed by atoms with Crippen LogP contribution in [0.4, 0.5) is 0 Å². The molecule has 0 bridgehead atoms. The molecule has 1 aromatic rings. The Morgan fingerprint density at radius 1 is 1.14 bits per heavy atom. The number of ketones is 1. The Hall–Kier alpha value is -1.15. The molecule has 0 unspecified atom stereocenters. The van der Waals surface area contributed by atoms with Gasteiger partial charge in [0, 0.05) is 5.56 Å². The molecule has 0 fully saturated rings. The fourth-order valence-corrected chi connectivity index (χ4v) is 2.07. The Bertz CT molecular complexity index is 467. The molecule has 0 saturated carbocycles. The average Bonchev–Trinajstić information content (AvgIpc) is 2.49. The molecular weight excluding hydrogens is 385 g/mol. The number of alkyl halides is 1. The molecule has 0 saturated heterocycles. The number of rotatable bonds is 6. The highest BCUT2D eigenvalue weighted by Gasteiger charge is 2.12. The van der Waals surface area contributed by atoms with E-state index in [1.807, 2.05) is 22.6 Å². The van der Waals surface area contributed by atoms with Crippen molar-refractivity contribution in [1.82, 2.24) is 4.90 Å². The standard InChI is InChI=1S/C9H7IO4.C6H15N/c10-4-8(12)5-1-2-7(11)6(3-5)9(13)14;1-4-7(5-2)6-3/h1-3,11H,4H2,(H,13,14);4-6H2,1-3H3. The van der Waals surface area contributed by atoms with Gasteiger partial charge in [-0.1, -0.05) is 43.4 Å². The molecule has 0 aliphatic heterocycles. The highest BCUT2D eigenvalue weighted by Crippen LogP contribution is 2.19. The zero-order valence-corrected chi connectivity index (χ0v) is 14.8. The van der Waals surface area contributed by atoms with E-state index in [9.17, 15) is 9.59 Å². The molecule has 118 valence electrons. The Morgan fingerprint density at radius 3 is 2.00 bits per heavy atom. The Morgan fingerprint density at radius 2 is 1.67 bits per heavy atom. The summed E-state index contributed by atoms with van der Waals surface area (Å²) in [6, 6.07) is 3.80. The fourth-order valence-electron chi connectivity index (χ4n) is 1.63. The fraction of sp³-hybridized carbons (Fsp3) is 0.467. The largest absolute Gasteiger partial charge is 0.507 e. The SMILES string of the molecule is CCN(CC)CC.O=C(CI)c1ccc(O)c(C(=O)O)c1. The molecule has 0 spiro atoms. The summed E-state index contributed by atoms with van der Waals surface area (Å²) in [6.45, 7) is 10.1. The summed E-state index contributed by atoms with van der Waals surface area (Å²) in [5.41, 5.74) is 0.0512. The zero-order chi connectivity index (χ0) is 16.4. The Balaban J connectivity index is 0.000000486. The number of carboxylic acid groups (broad SMARTS) is 1. The molecular formula is C15H22INO4. The number of carbonyl (C=O) groups is 2. The van der Waals surface area contributed by atoms with E-state index >= 15 is 0 Å². The van der Waals surface area contributed by atoms with Gasteiger partial charge in [-0.2, -0.15) is 0 Å². The van der Waals surface area contributed by atoms with Gasteiger partial charge >= 0.3 is 5.97 Å². The maximum absolute atomic E-state index is 11.2. The van der Waals surface area contributed by atoms with Crippen LogP contribution in [-0.4, -0.2) is 50.9 Å².